The molecule has 7 rings (SSSR count). The van der Waals surface area contributed by atoms with Gasteiger partial charge in [-0.2, -0.15) is 0 Å². The molecule has 10 nitrogen and oxygen atoms in total. The van der Waals surface area contributed by atoms with E-state index in [1.807, 2.05) is 60.7 Å². The summed E-state index contributed by atoms with van der Waals surface area (Å²) in [7, 11) is 0. The maximum Gasteiger partial charge on any atom is 0.355 e. The van der Waals surface area contributed by atoms with Crippen molar-refractivity contribution in [3.63, 3.8) is 0 Å². The second-order valence-corrected chi connectivity index (χ2v) is 12.0. The quantitative estimate of drug-likeness (QED) is 0.142. The van der Waals surface area contributed by atoms with E-state index < -0.39 is 17.5 Å². The van der Waals surface area contributed by atoms with Crippen LogP contribution in [0.3, 0.4) is 0 Å². The maximum atomic E-state index is 13.7. The predicted octanol–water partition coefficient (Wildman–Crippen LogP) is 4.87. The molecule has 0 spiro atoms. The Labute approximate surface area is 274 Å². The molecular weight excluding hydrogens is 616 g/mol. The standard InChI is InChI=1S/C36H30N4O6S/c1-2-36(46-30(41)12-7-15-37-35(47)39-32(42)24-14-13-21-8-3-4-9-22(21)16-24)27-18-29-31-25(17-23-10-5-6-11-28(23)38-31)19-40(29)33(43)26(27)20-45-34(36)44/h3-6,8-11,13-14,16-18H,2,7,12,15,19-20H2,1H3,(H2,37,39,42,47)/t36-/m0/s1. The molecule has 1 amide bonds. The van der Waals surface area contributed by atoms with Crippen LogP contribution in [0.2, 0.25) is 0 Å². The molecule has 5 aromatic rings. The lowest BCUT2D eigenvalue weighted by atomic mass is 9.85. The van der Waals surface area contributed by atoms with Gasteiger partial charge in [0.2, 0.25) is 5.60 Å². The van der Waals surface area contributed by atoms with Crippen LogP contribution in [0.25, 0.3) is 33.1 Å². The fourth-order valence-electron chi connectivity index (χ4n) is 6.31. The largest absolute Gasteiger partial charge is 0.457 e. The van der Waals surface area contributed by atoms with Crippen LogP contribution in [0.15, 0.2) is 83.7 Å². The van der Waals surface area contributed by atoms with Crippen molar-refractivity contribution in [2.45, 2.75) is 44.9 Å². The minimum Gasteiger partial charge on any atom is -0.457 e. The van der Waals surface area contributed by atoms with Crippen LogP contribution in [-0.4, -0.2) is 39.1 Å². The van der Waals surface area contributed by atoms with Gasteiger partial charge in [0.25, 0.3) is 11.5 Å². The number of ether oxygens (including phenoxy) is 2. The Morgan fingerprint density at radius 2 is 1.77 bits per heavy atom. The molecule has 3 aromatic carbocycles. The lowest BCUT2D eigenvalue weighted by Gasteiger charge is -2.35. The van der Waals surface area contributed by atoms with E-state index >= 15 is 0 Å². The summed E-state index contributed by atoms with van der Waals surface area (Å²) in [6.45, 7) is 2.13. The molecule has 4 heterocycles. The maximum absolute atomic E-state index is 13.7. The summed E-state index contributed by atoms with van der Waals surface area (Å²) >= 11 is 5.28. The van der Waals surface area contributed by atoms with Gasteiger partial charge in [0.1, 0.15) is 6.61 Å². The Bertz CT molecular complexity index is 2190. The third kappa shape index (κ3) is 5.42. The lowest BCUT2D eigenvalue weighted by Crippen LogP contribution is -2.47. The summed E-state index contributed by atoms with van der Waals surface area (Å²) in [5, 5.41) is 8.65. The van der Waals surface area contributed by atoms with Crippen LogP contribution in [0.1, 0.15) is 53.2 Å². The Morgan fingerprint density at radius 1 is 1.00 bits per heavy atom. The summed E-state index contributed by atoms with van der Waals surface area (Å²) in [4.78, 5) is 57.7. The highest BCUT2D eigenvalue weighted by molar-refractivity contribution is 7.80. The van der Waals surface area contributed by atoms with E-state index in [0.717, 1.165) is 27.2 Å². The number of pyridine rings is 2. The zero-order valence-electron chi connectivity index (χ0n) is 25.5. The third-order valence-corrected chi connectivity index (χ3v) is 9.00. The van der Waals surface area contributed by atoms with Gasteiger partial charge in [0.05, 0.1) is 29.0 Å². The monoisotopic (exact) mass is 646 g/mol. The summed E-state index contributed by atoms with van der Waals surface area (Å²) in [5.74, 6) is -1.69. The van der Waals surface area contributed by atoms with Crippen molar-refractivity contribution < 1.29 is 23.9 Å². The van der Waals surface area contributed by atoms with E-state index in [2.05, 4.69) is 10.6 Å². The van der Waals surface area contributed by atoms with E-state index in [-0.39, 0.29) is 48.1 Å². The van der Waals surface area contributed by atoms with Gasteiger partial charge >= 0.3 is 11.9 Å². The zero-order chi connectivity index (χ0) is 32.7. The average molecular weight is 647 g/mol. The smallest absolute Gasteiger partial charge is 0.355 e. The highest BCUT2D eigenvalue weighted by atomic mass is 32.1. The van der Waals surface area contributed by atoms with Crippen molar-refractivity contribution in [3.8, 4) is 11.4 Å². The van der Waals surface area contributed by atoms with Crippen molar-refractivity contribution in [2.75, 3.05) is 6.54 Å². The van der Waals surface area contributed by atoms with Crippen molar-refractivity contribution in [2.24, 2.45) is 0 Å². The zero-order valence-corrected chi connectivity index (χ0v) is 26.3. The van der Waals surface area contributed by atoms with E-state index in [1.165, 1.54) is 0 Å². The van der Waals surface area contributed by atoms with E-state index in [4.69, 9.17) is 26.7 Å². The molecule has 0 fully saturated rings. The van der Waals surface area contributed by atoms with Gasteiger partial charge in [-0.15, -0.1) is 0 Å². The topological polar surface area (TPSA) is 129 Å². The number of carbonyl (C=O) groups excluding carboxylic acids is 3. The van der Waals surface area contributed by atoms with Crippen molar-refractivity contribution in [1.29, 1.82) is 0 Å². The first-order valence-electron chi connectivity index (χ1n) is 15.4. The number of hydrogen-bond acceptors (Lipinski definition) is 8. The molecule has 0 saturated carbocycles. The molecule has 2 N–H and O–H groups in total. The van der Waals surface area contributed by atoms with Crippen LogP contribution in [0.4, 0.5) is 0 Å². The molecule has 2 aliphatic heterocycles. The van der Waals surface area contributed by atoms with E-state index in [1.54, 1.807) is 29.7 Å². The van der Waals surface area contributed by atoms with E-state index in [9.17, 15) is 19.2 Å². The Kier molecular flexibility index (Phi) is 7.77. The van der Waals surface area contributed by atoms with Crippen LogP contribution in [-0.2, 0) is 37.8 Å². The molecule has 236 valence electrons. The highest BCUT2D eigenvalue weighted by Crippen LogP contribution is 2.41. The van der Waals surface area contributed by atoms with E-state index in [0.29, 0.717) is 35.5 Å². The van der Waals surface area contributed by atoms with Gasteiger partial charge in [-0.3, -0.25) is 19.7 Å². The Hall–Kier alpha value is -5.42. The second-order valence-electron chi connectivity index (χ2n) is 11.6. The van der Waals surface area contributed by atoms with Gasteiger partial charge < -0.3 is 19.4 Å². The van der Waals surface area contributed by atoms with Crippen LogP contribution >= 0.6 is 12.2 Å². The number of rotatable bonds is 7. The number of para-hydroxylation sites is 1. The molecular formula is C36H30N4O6S. The van der Waals surface area contributed by atoms with Gasteiger partial charge in [0.15, 0.2) is 5.11 Å². The predicted molar refractivity (Wildman–Crippen MR) is 180 cm³/mol. The second kappa shape index (κ2) is 12.1. The molecule has 2 aliphatic rings. The van der Waals surface area contributed by atoms with Gasteiger partial charge in [-0.05, 0) is 66.2 Å². The molecule has 0 bridgehead atoms. The Balaban J connectivity index is 1.03. The number of esters is 2. The van der Waals surface area contributed by atoms with Crippen molar-refractivity contribution in [3.05, 3.63) is 111 Å². The number of carbonyl (C=O) groups is 3. The van der Waals surface area contributed by atoms with Crippen molar-refractivity contribution >= 4 is 56.9 Å². The average Bonchev–Trinajstić information content (AvgIpc) is 3.44. The van der Waals surface area contributed by atoms with Gasteiger partial charge in [0, 0.05) is 35.0 Å². The number of fused-ring (bicyclic) bond motifs is 6. The molecule has 0 aliphatic carbocycles. The molecule has 0 unspecified atom stereocenters. The molecule has 0 saturated heterocycles. The molecule has 47 heavy (non-hydrogen) atoms. The van der Waals surface area contributed by atoms with Gasteiger partial charge in [-0.1, -0.05) is 55.5 Å². The normalized spacial score (nSPS) is 16.1. The molecule has 2 aromatic heterocycles. The first-order chi connectivity index (χ1) is 22.8. The van der Waals surface area contributed by atoms with Crippen LogP contribution < -0.4 is 16.2 Å². The number of hydrogen-bond donors (Lipinski definition) is 2. The third-order valence-electron chi connectivity index (χ3n) is 8.75. The number of nitrogens with one attached hydrogen (secondary N) is 2. The summed E-state index contributed by atoms with van der Waals surface area (Å²) < 4.78 is 13.0. The van der Waals surface area contributed by atoms with Crippen LogP contribution in [0.5, 0.6) is 0 Å². The highest BCUT2D eigenvalue weighted by Gasteiger charge is 2.50. The number of amides is 1. The summed E-state index contributed by atoms with van der Waals surface area (Å²) in [5.41, 5.74) is 1.94. The SMILES string of the molecule is CC[C@@]1(OC(=O)CCCNC(=S)NC(=O)c2ccc3ccccc3c2)C(=O)OCc2c1cc1n(c2=O)Cc2cc3ccccc3nc2-1. The van der Waals surface area contributed by atoms with Crippen LogP contribution in [0, 0.1) is 0 Å². The van der Waals surface area contributed by atoms with Gasteiger partial charge in [-0.25, -0.2) is 9.78 Å². The number of thiocarbonyl (C=S) groups is 1. The first kappa shape index (κ1) is 30.2. The Morgan fingerprint density at radius 3 is 2.57 bits per heavy atom. The molecule has 0 radical (unpaired) electrons. The number of benzene rings is 3. The minimum absolute atomic E-state index is 0.0428. The summed E-state index contributed by atoms with van der Waals surface area (Å²) in [6, 6.07) is 24.6. The first-order valence-corrected chi connectivity index (χ1v) is 15.8. The minimum atomic E-state index is -1.77. The number of nitrogens with zero attached hydrogens (tertiary/aromatic N) is 2. The fraction of sp³-hybridized carbons (Fsp3) is 0.222. The fourth-order valence-corrected chi connectivity index (χ4v) is 6.51. The number of cyclic esters (lactones) is 1. The molecule has 1 atom stereocenters. The number of aromatic nitrogens is 2. The molecule has 11 heteroatoms. The summed E-state index contributed by atoms with van der Waals surface area (Å²) in [6.07, 6.45) is 0.344. The lowest BCUT2D eigenvalue weighted by molar-refractivity contribution is -0.189. The van der Waals surface area contributed by atoms with Crippen molar-refractivity contribution in [1.82, 2.24) is 20.2 Å².